The molecular weight excluding hydrogens is 374 g/mol. The largest absolute Gasteiger partial charge is 0.379 e. The van der Waals surface area contributed by atoms with Gasteiger partial charge in [0.25, 0.3) is 5.69 Å². The Morgan fingerprint density at radius 3 is 2.74 bits per heavy atom. The minimum atomic E-state index is -3.82. The number of hydrogen-bond donors (Lipinski definition) is 1. The van der Waals surface area contributed by atoms with Crippen LogP contribution in [0.5, 0.6) is 0 Å². The Labute approximate surface area is 155 Å². The maximum Gasteiger partial charge on any atom is 0.295 e. The van der Waals surface area contributed by atoms with E-state index in [1.54, 1.807) is 24.5 Å². The van der Waals surface area contributed by atoms with Gasteiger partial charge in [-0.2, -0.15) is 9.41 Å². The SMILES string of the molecule is O=[N+]([O-])c1cc(S(=O)(=O)N2CCOCC2)ccc1N/N=C\c1cccnc1. The van der Waals surface area contributed by atoms with Crippen molar-refractivity contribution < 1.29 is 18.1 Å². The number of sulfonamides is 1. The summed E-state index contributed by atoms with van der Waals surface area (Å²) in [5, 5.41) is 15.3. The Kier molecular flexibility index (Phi) is 5.74. The van der Waals surface area contributed by atoms with E-state index in [1.807, 2.05) is 0 Å². The number of benzene rings is 1. The predicted molar refractivity (Wildman–Crippen MR) is 98.1 cm³/mol. The minimum Gasteiger partial charge on any atom is -0.379 e. The molecule has 1 fully saturated rings. The first-order valence-corrected chi connectivity index (χ1v) is 9.48. The normalized spacial score (nSPS) is 15.7. The molecule has 2 heterocycles. The van der Waals surface area contributed by atoms with E-state index in [1.165, 1.54) is 22.7 Å². The van der Waals surface area contributed by atoms with Crippen molar-refractivity contribution >= 4 is 27.6 Å². The molecule has 1 aliphatic heterocycles. The van der Waals surface area contributed by atoms with Crippen LogP contribution in [0.3, 0.4) is 0 Å². The summed E-state index contributed by atoms with van der Waals surface area (Å²) in [4.78, 5) is 14.5. The first kappa shape index (κ1) is 18.9. The predicted octanol–water partition coefficient (Wildman–Crippen LogP) is 1.46. The molecule has 0 atom stereocenters. The van der Waals surface area contributed by atoms with E-state index in [9.17, 15) is 18.5 Å². The molecule has 3 rings (SSSR count). The first-order chi connectivity index (χ1) is 13.0. The standard InChI is InChI=1S/C16H17N5O5S/c22-21(23)16-10-14(27(24,25)20-6-8-26-9-7-20)3-4-15(16)19-18-12-13-2-1-5-17-11-13/h1-5,10-12,19H,6-9H2/b18-12-. The number of pyridine rings is 1. The summed E-state index contributed by atoms with van der Waals surface area (Å²) in [6, 6.07) is 7.18. The molecule has 10 nitrogen and oxygen atoms in total. The highest BCUT2D eigenvalue weighted by Gasteiger charge is 2.28. The van der Waals surface area contributed by atoms with Crippen molar-refractivity contribution in [2.24, 2.45) is 5.10 Å². The number of nitro benzene ring substituents is 1. The molecule has 0 unspecified atom stereocenters. The fraction of sp³-hybridized carbons (Fsp3) is 0.250. The van der Waals surface area contributed by atoms with Crippen LogP contribution in [0.1, 0.15) is 5.56 Å². The van der Waals surface area contributed by atoms with E-state index in [2.05, 4.69) is 15.5 Å². The number of aromatic nitrogens is 1. The van der Waals surface area contributed by atoms with Crippen LogP contribution < -0.4 is 5.43 Å². The number of ether oxygens (including phenoxy) is 1. The van der Waals surface area contributed by atoms with Gasteiger partial charge in [0.15, 0.2) is 0 Å². The average molecular weight is 391 g/mol. The molecule has 1 aromatic heterocycles. The second-order valence-electron chi connectivity index (χ2n) is 5.61. The van der Waals surface area contributed by atoms with Crippen molar-refractivity contribution in [3.63, 3.8) is 0 Å². The zero-order valence-electron chi connectivity index (χ0n) is 14.2. The monoisotopic (exact) mass is 391 g/mol. The maximum atomic E-state index is 12.7. The fourth-order valence-corrected chi connectivity index (χ4v) is 3.91. The molecule has 142 valence electrons. The van der Waals surface area contributed by atoms with E-state index in [0.717, 1.165) is 6.07 Å². The smallest absolute Gasteiger partial charge is 0.295 e. The maximum absolute atomic E-state index is 12.7. The lowest BCUT2D eigenvalue weighted by Gasteiger charge is -2.26. The fourth-order valence-electron chi connectivity index (χ4n) is 2.48. The molecule has 11 heteroatoms. The van der Waals surface area contributed by atoms with Gasteiger partial charge in [-0.25, -0.2) is 8.42 Å². The Bertz CT molecular complexity index is 943. The van der Waals surface area contributed by atoms with Crippen LogP contribution >= 0.6 is 0 Å². The van der Waals surface area contributed by atoms with Gasteiger partial charge < -0.3 is 4.74 Å². The highest BCUT2D eigenvalue weighted by atomic mass is 32.2. The van der Waals surface area contributed by atoms with Crippen molar-refractivity contribution in [3.05, 3.63) is 58.4 Å². The van der Waals surface area contributed by atoms with Crippen molar-refractivity contribution in [1.82, 2.24) is 9.29 Å². The lowest BCUT2D eigenvalue weighted by Crippen LogP contribution is -2.40. The van der Waals surface area contributed by atoms with Crippen LogP contribution in [0, 0.1) is 10.1 Å². The van der Waals surface area contributed by atoms with Gasteiger partial charge in [0, 0.05) is 37.1 Å². The first-order valence-electron chi connectivity index (χ1n) is 8.04. The Morgan fingerprint density at radius 1 is 1.30 bits per heavy atom. The minimum absolute atomic E-state index is 0.0843. The number of morpholine rings is 1. The molecule has 0 saturated carbocycles. The van der Waals surface area contributed by atoms with Gasteiger partial charge in [0.1, 0.15) is 5.69 Å². The summed E-state index contributed by atoms with van der Waals surface area (Å²) in [5.41, 5.74) is 2.98. The van der Waals surface area contributed by atoms with Crippen molar-refractivity contribution in [2.45, 2.75) is 4.90 Å². The zero-order valence-corrected chi connectivity index (χ0v) is 15.0. The molecule has 0 spiro atoms. The Balaban J connectivity index is 1.84. The van der Waals surface area contributed by atoms with Gasteiger partial charge in [0.05, 0.1) is 29.2 Å². The summed E-state index contributed by atoms with van der Waals surface area (Å²) < 4.78 is 31.7. The van der Waals surface area contributed by atoms with Crippen LogP contribution in [0.4, 0.5) is 11.4 Å². The molecule has 1 N–H and O–H groups in total. The molecule has 0 aliphatic carbocycles. The number of hydrogen-bond acceptors (Lipinski definition) is 8. The van der Waals surface area contributed by atoms with Gasteiger partial charge in [-0.3, -0.25) is 20.5 Å². The second-order valence-corrected chi connectivity index (χ2v) is 7.55. The number of nitrogens with one attached hydrogen (secondary N) is 1. The van der Waals surface area contributed by atoms with Crippen LogP contribution in [-0.4, -0.2) is 55.1 Å². The van der Waals surface area contributed by atoms with Crippen LogP contribution in [0.2, 0.25) is 0 Å². The second kappa shape index (κ2) is 8.20. The third-order valence-electron chi connectivity index (χ3n) is 3.86. The summed E-state index contributed by atoms with van der Waals surface area (Å²) in [6.45, 7) is 1.02. The number of anilines is 1. The lowest BCUT2D eigenvalue weighted by atomic mass is 10.3. The van der Waals surface area contributed by atoms with E-state index in [-0.39, 0.29) is 29.4 Å². The summed E-state index contributed by atoms with van der Waals surface area (Å²) in [6.07, 6.45) is 4.65. The number of nitro groups is 1. The van der Waals surface area contributed by atoms with E-state index >= 15 is 0 Å². The third-order valence-corrected chi connectivity index (χ3v) is 5.75. The van der Waals surface area contributed by atoms with Gasteiger partial charge in [-0.1, -0.05) is 6.07 Å². The van der Waals surface area contributed by atoms with E-state index < -0.39 is 14.9 Å². The molecule has 1 aliphatic rings. The quantitative estimate of drug-likeness (QED) is 0.448. The van der Waals surface area contributed by atoms with E-state index in [4.69, 9.17) is 4.74 Å². The third kappa shape index (κ3) is 4.45. The summed E-state index contributed by atoms with van der Waals surface area (Å²) in [5.74, 6) is 0. The summed E-state index contributed by atoms with van der Waals surface area (Å²) >= 11 is 0. The molecule has 27 heavy (non-hydrogen) atoms. The topological polar surface area (TPSA) is 127 Å². The highest BCUT2D eigenvalue weighted by molar-refractivity contribution is 7.89. The molecule has 0 bridgehead atoms. The molecule has 0 radical (unpaired) electrons. The van der Waals surface area contributed by atoms with Crippen LogP contribution in [0.25, 0.3) is 0 Å². The molecular formula is C16H17N5O5S. The van der Waals surface area contributed by atoms with Gasteiger partial charge in [-0.05, 0) is 18.2 Å². The van der Waals surface area contributed by atoms with Crippen LogP contribution in [0.15, 0.2) is 52.7 Å². The number of rotatable bonds is 6. The van der Waals surface area contributed by atoms with Crippen LogP contribution in [-0.2, 0) is 14.8 Å². The molecule has 1 saturated heterocycles. The summed E-state index contributed by atoms with van der Waals surface area (Å²) in [7, 11) is -3.82. The number of hydrazone groups is 1. The highest BCUT2D eigenvalue weighted by Crippen LogP contribution is 2.29. The molecule has 2 aromatic rings. The van der Waals surface area contributed by atoms with Gasteiger partial charge >= 0.3 is 0 Å². The zero-order chi connectivity index (χ0) is 19.3. The molecule has 0 amide bonds. The lowest BCUT2D eigenvalue weighted by molar-refractivity contribution is -0.384. The van der Waals surface area contributed by atoms with E-state index in [0.29, 0.717) is 18.8 Å². The van der Waals surface area contributed by atoms with Crippen molar-refractivity contribution in [2.75, 3.05) is 31.7 Å². The van der Waals surface area contributed by atoms with Gasteiger partial charge in [-0.15, -0.1) is 0 Å². The Morgan fingerprint density at radius 2 is 2.07 bits per heavy atom. The van der Waals surface area contributed by atoms with Gasteiger partial charge in [0.2, 0.25) is 10.0 Å². The Hall–Kier alpha value is -2.89. The number of nitrogens with zero attached hydrogens (tertiary/aromatic N) is 4. The average Bonchev–Trinajstić information content (AvgIpc) is 2.69. The molecule has 1 aromatic carbocycles. The van der Waals surface area contributed by atoms with Crippen molar-refractivity contribution in [3.8, 4) is 0 Å². The van der Waals surface area contributed by atoms with Crippen molar-refractivity contribution in [1.29, 1.82) is 0 Å².